The van der Waals surface area contributed by atoms with Gasteiger partial charge in [-0.2, -0.15) is 0 Å². The summed E-state index contributed by atoms with van der Waals surface area (Å²) in [7, 11) is 0. The van der Waals surface area contributed by atoms with E-state index in [1.165, 1.54) is 6.07 Å². The maximum Gasteiger partial charge on any atom is 0.293 e. The molecule has 0 aromatic heterocycles. The summed E-state index contributed by atoms with van der Waals surface area (Å²) in [5, 5.41) is 17.6. The number of anilines is 1. The van der Waals surface area contributed by atoms with E-state index in [2.05, 4.69) is 10.6 Å². The molecule has 0 radical (unpaired) electrons. The van der Waals surface area contributed by atoms with Crippen molar-refractivity contribution in [1.82, 2.24) is 5.32 Å². The Balaban J connectivity index is 1.97. The summed E-state index contributed by atoms with van der Waals surface area (Å²) in [6.07, 6.45) is 1.11. The zero-order chi connectivity index (χ0) is 18.1. The monoisotopic (exact) mass is 350 g/mol. The number of carbonyl (C=O) groups excluding carboxylic acids is 1. The number of nitrogens with one attached hydrogen (secondary N) is 2. The molecule has 0 atom stereocenters. The maximum absolute atomic E-state index is 13.0. The highest BCUT2D eigenvalue weighted by Gasteiger charge is 2.43. The number of nitro groups is 1. The van der Waals surface area contributed by atoms with E-state index in [0.29, 0.717) is 37.2 Å². The molecule has 7 heteroatoms. The molecule has 0 unspecified atom stereocenters. The number of fused-ring (bicyclic) bond motifs is 1. The van der Waals surface area contributed by atoms with Crippen LogP contribution in [0, 0.1) is 10.1 Å². The molecular formula is C19H18N4O3. The molecular weight excluding hydrogens is 332 g/mol. The molecule has 2 aliphatic rings. The van der Waals surface area contributed by atoms with E-state index in [-0.39, 0.29) is 17.3 Å². The van der Waals surface area contributed by atoms with E-state index in [1.54, 1.807) is 12.1 Å². The second-order valence-corrected chi connectivity index (χ2v) is 6.52. The molecule has 132 valence electrons. The van der Waals surface area contributed by atoms with Crippen LogP contribution in [0.4, 0.5) is 11.4 Å². The number of aliphatic imine (C=N–C) groups is 1. The van der Waals surface area contributed by atoms with Crippen LogP contribution in [0.1, 0.15) is 24.0 Å². The van der Waals surface area contributed by atoms with Gasteiger partial charge in [-0.05, 0) is 25.9 Å². The van der Waals surface area contributed by atoms with Crippen LogP contribution in [0.3, 0.4) is 0 Å². The van der Waals surface area contributed by atoms with Gasteiger partial charge in [0.05, 0.1) is 10.6 Å². The number of carbonyl (C=O) groups is 1. The van der Waals surface area contributed by atoms with E-state index in [0.717, 1.165) is 5.56 Å². The van der Waals surface area contributed by atoms with Gasteiger partial charge >= 0.3 is 0 Å². The van der Waals surface area contributed by atoms with Crippen LogP contribution >= 0.6 is 0 Å². The van der Waals surface area contributed by atoms with Crippen LogP contribution in [-0.4, -0.2) is 35.2 Å². The number of hydrogen-bond donors (Lipinski definition) is 2. The van der Waals surface area contributed by atoms with Gasteiger partial charge in [0.1, 0.15) is 11.2 Å². The number of nitro benzene ring substituents is 1. The second kappa shape index (κ2) is 6.34. The first-order valence-corrected chi connectivity index (χ1v) is 8.56. The molecule has 1 saturated heterocycles. The number of rotatable bonds is 2. The third kappa shape index (κ3) is 2.66. The van der Waals surface area contributed by atoms with Gasteiger partial charge < -0.3 is 10.6 Å². The highest BCUT2D eigenvalue weighted by Crippen LogP contribution is 2.37. The largest absolute Gasteiger partial charge is 0.318 e. The Morgan fingerprint density at radius 2 is 1.77 bits per heavy atom. The fraction of sp³-hybridized carbons (Fsp3) is 0.263. The SMILES string of the molecule is O=C1Nc2c(cccc2[N+](=O)[O-])C(c2ccccc2)=NC12CCNCC2. The predicted molar refractivity (Wildman–Crippen MR) is 98.6 cm³/mol. The number of benzene rings is 2. The fourth-order valence-electron chi connectivity index (χ4n) is 3.57. The Morgan fingerprint density at radius 1 is 1.04 bits per heavy atom. The van der Waals surface area contributed by atoms with Crippen molar-refractivity contribution in [3.8, 4) is 0 Å². The Hall–Kier alpha value is -3.06. The number of para-hydroxylation sites is 1. The second-order valence-electron chi connectivity index (χ2n) is 6.52. The van der Waals surface area contributed by atoms with Gasteiger partial charge in [-0.25, -0.2) is 0 Å². The van der Waals surface area contributed by atoms with E-state index in [9.17, 15) is 14.9 Å². The molecule has 2 aromatic carbocycles. The number of hydrogen-bond acceptors (Lipinski definition) is 5. The first-order chi connectivity index (χ1) is 12.6. The average molecular weight is 350 g/mol. The molecule has 4 rings (SSSR count). The minimum absolute atomic E-state index is 0.120. The Labute approximate surface area is 150 Å². The summed E-state index contributed by atoms with van der Waals surface area (Å²) in [6.45, 7) is 1.36. The molecule has 0 bridgehead atoms. The maximum atomic E-state index is 13.0. The van der Waals surface area contributed by atoms with Crippen molar-refractivity contribution >= 4 is 23.0 Å². The molecule has 1 spiro atoms. The van der Waals surface area contributed by atoms with Gasteiger partial charge in [-0.15, -0.1) is 0 Å². The van der Waals surface area contributed by atoms with Crippen molar-refractivity contribution in [3.05, 3.63) is 69.8 Å². The van der Waals surface area contributed by atoms with E-state index in [1.807, 2.05) is 30.3 Å². The zero-order valence-electron chi connectivity index (χ0n) is 14.1. The predicted octanol–water partition coefficient (Wildman–Crippen LogP) is 2.51. The first kappa shape index (κ1) is 16.4. The highest BCUT2D eigenvalue weighted by molar-refractivity contribution is 6.21. The summed E-state index contributed by atoms with van der Waals surface area (Å²) in [6, 6.07) is 14.3. The topological polar surface area (TPSA) is 96.6 Å². The molecule has 2 aromatic rings. The molecule has 26 heavy (non-hydrogen) atoms. The molecule has 2 heterocycles. The molecule has 0 saturated carbocycles. The van der Waals surface area contributed by atoms with Crippen LogP contribution in [0.25, 0.3) is 0 Å². The van der Waals surface area contributed by atoms with Crippen molar-refractivity contribution in [3.63, 3.8) is 0 Å². The quantitative estimate of drug-likeness (QED) is 0.642. The van der Waals surface area contributed by atoms with Crippen LogP contribution in [0.5, 0.6) is 0 Å². The average Bonchev–Trinajstić information content (AvgIpc) is 2.78. The number of piperidine rings is 1. The Bertz CT molecular complexity index is 902. The van der Waals surface area contributed by atoms with Gasteiger partial charge in [-0.1, -0.05) is 42.5 Å². The van der Waals surface area contributed by atoms with Crippen LogP contribution < -0.4 is 10.6 Å². The molecule has 2 N–H and O–H groups in total. The first-order valence-electron chi connectivity index (χ1n) is 8.56. The van der Waals surface area contributed by atoms with Gasteiger partial charge in [-0.3, -0.25) is 19.9 Å². The van der Waals surface area contributed by atoms with E-state index in [4.69, 9.17) is 4.99 Å². The zero-order valence-corrected chi connectivity index (χ0v) is 14.1. The lowest BCUT2D eigenvalue weighted by Gasteiger charge is -2.32. The van der Waals surface area contributed by atoms with Crippen LogP contribution in [0.2, 0.25) is 0 Å². The Kier molecular flexibility index (Phi) is 4.00. The van der Waals surface area contributed by atoms with Gasteiger partial charge in [0.15, 0.2) is 0 Å². The minimum atomic E-state index is -0.913. The fourth-order valence-corrected chi connectivity index (χ4v) is 3.57. The lowest BCUT2D eigenvalue weighted by molar-refractivity contribution is -0.383. The van der Waals surface area contributed by atoms with Crippen molar-refractivity contribution < 1.29 is 9.72 Å². The standard InChI is InChI=1S/C19H18N4O3/c24-18-19(9-11-20-12-10-19)22-16(13-5-2-1-3-6-13)14-7-4-8-15(23(25)26)17(14)21-18/h1-8,20H,9-12H2,(H,21,24). The third-order valence-corrected chi connectivity index (χ3v) is 4.96. The van der Waals surface area contributed by atoms with Crippen molar-refractivity contribution in [2.24, 2.45) is 4.99 Å². The van der Waals surface area contributed by atoms with Gasteiger partial charge in [0.2, 0.25) is 0 Å². The van der Waals surface area contributed by atoms with Crippen molar-refractivity contribution in [2.45, 2.75) is 18.4 Å². The van der Waals surface area contributed by atoms with Crippen LogP contribution in [0.15, 0.2) is 53.5 Å². The number of amides is 1. The van der Waals surface area contributed by atoms with Gasteiger partial charge in [0, 0.05) is 17.2 Å². The molecule has 0 aliphatic carbocycles. The molecule has 1 amide bonds. The number of nitrogens with zero attached hydrogens (tertiary/aromatic N) is 2. The normalized spacial score (nSPS) is 18.5. The van der Waals surface area contributed by atoms with Crippen molar-refractivity contribution in [2.75, 3.05) is 18.4 Å². The smallest absolute Gasteiger partial charge is 0.293 e. The lowest BCUT2D eigenvalue weighted by atomic mass is 9.87. The Morgan fingerprint density at radius 3 is 2.46 bits per heavy atom. The summed E-state index contributed by atoms with van der Waals surface area (Å²) < 4.78 is 0. The summed E-state index contributed by atoms with van der Waals surface area (Å²) in [5.41, 5.74) is 1.22. The lowest BCUT2D eigenvalue weighted by Crippen LogP contribution is -2.49. The molecule has 7 nitrogen and oxygen atoms in total. The summed E-state index contributed by atoms with van der Waals surface area (Å²) >= 11 is 0. The minimum Gasteiger partial charge on any atom is -0.318 e. The van der Waals surface area contributed by atoms with E-state index >= 15 is 0 Å². The summed E-state index contributed by atoms with van der Waals surface area (Å²) in [5.74, 6) is -0.277. The van der Waals surface area contributed by atoms with Crippen molar-refractivity contribution in [1.29, 1.82) is 0 Å². The molecule has 2 aliphatic heterocycles. The molecule has 1 fully saturated rings. The highest BCUT2D eigenvalue weighted by atomic mass is 16.6. The van der Waals surface area contributed by atoms with Gasteiger partial charge in [0.25, 0.3) is 11.6 Å². The third-order valence-electron chi connectivity index (χ3n) is 4.96. The van der Waals surface area contributed by atoms with E-state index < -0.39 is 10.5 Å². The van der Waals surface area contributed by atoms with Crippen LogP contribution in [-0.2, 0) is 4.79 Å². The summed E-state index contributed by atoms with van der Waals surface area (Å²) in [4.78, 5) is 29.0.